The molecule has 1 aromatic rings. The van der Waals surface area contributed by atoms with Gasteiger partial charge in [-0.25, -0.2) is 0 Å². The molecule has 0 unspecified atom stereocenters. The maximum absolute atomic E-state index is 11.9. The summed E-state index contributed by atoms with van der Waals surface area (Å²) in [5.74, 6) is 1.08. The molecule has 0 aromatic carbocycles. The molecule has 1 aliphatic rings. The van der Waals surface area contributed by atoms with Gasteiger partial charge in [0.15, 0.2) is 0 Å². The molecule has 16 heavy (non-hydrogen) atoms. The molecule has 0 atom stereocenters. The van der Waals surface area contributed by atoms with Gasteiger partial charge >= 0.3 is 0 Å². The molecule has 0 amide bonds. The highest BCUT2D eigenvalue weighted by Crippen LogP contribution is 2.28. The Morgan fingerprint density at radius 3 is 2.75 bits per heavy atom. The zero-order valence-corrected chi connectivity index (χ0v) is 11.8. The molecule has 1 saturated carbocycles. The minimum Gasteiger partial charge on any atom is -0.299 e. The first kappa shape index (κ1) is 12.3. The van der Waals surface area contributed by atoms with Crippen LogP contribution in [0.2, 0.25) is 0 Å². The van der Waals surface area contributed by atoms with Crippen LogP contribution in [0.5, 0.6) is 0 Å². The van der Waals surface area contributed by atoms with Crippen LogP contribution in [0.1, 0.15) is 43.4 Å². The summed E-state index contributed by atoms with van der Waals surface area (Å²) in [4.78, 5) is 13.1. The first-order valence-corrected chi connectivity index (χ1v) is 7.66. The van der Waals surface area contributed by atoms with E-state index in [1.807, 2.05) is 11.4 Å². The van der Waals surface area contributed by atoms with E-state index in [2.05, 4.69) is 15.9 Å². The Balaban J connectivity index is 1.82. The van der Waals surface area contributed by atoms with Gasteiger partial charge in [-0.15, -0.1) is 11.3 Å². The minimum absolute atomic E-state index is 0.412. The fourth-order valence-corrected chi connectivity index (χ4v) is 3.94. The maximum atomic E-state index is 11.9. The number of carbonyl (C=O) groups excluding carboxylic acids is 1. The Hall–Kier alpha value is -0.150. The zero-order chi connectivity index (χ0) is 11.4. The van der Waals surface area contributed by atoms with Crippen molar-refractivity contribution in [1.82, 2.24) is 0 Å². The summed E-state index contributed by atoms with van der Waals surface area (Å²) in [6.45, 7) is 0. The Bertz CT molecular complexity index is 353. The average Bonchev–Trinajstić information content (AvgIpc) is 2.66. The summed E-state index contributed by atoms with van der Waals surface area (Å²) in [7, 11) is 0. The molecule has 1 heterocycles. The van der Waals surface area contributed by atoms with Crippen LogP contribution in [0.25, 0.3) is 0 Å². The van der Waals surface area contributed by atoms with Crippen molar-refractivity contribution in [3.63, 3.8) is 0 Å². The lowest BCUT2D eigenvalue weighted by atomic mass is 9.85. The Morgan fingerprint density at radius 1 is 1.38 bits per heavy atom. The third-order valence-corrected chi connectivity index (χ3v) is 5.22. The summed E-state index contributed by atoms with van der Waals surface area (Å²) in [5.41, 5.74) is 0. The van der Waals surface area contributed by atoms with E-state index in [1.165, 1.54) is 37.0 Å². The highest BCUT2D eigenvalue weighted by molar-refractivity contribution is 9.10. The minimum atomic E-state index is 0.412. The van der Waals surface area contributed by atoms with Gasteiger partial charge in [0.2, 0.25) is 0 Å². The molecule has 1 fully saturated rings. The van der Waals surface area contributed by atoms with Gasteiger partial charge in [-0.2, -0.15) is 0 Å². The van der Waals surface area contributed by atoms with Gasteiger partial charge in [0.25, 0.3) is 0 Å². The van der Waals surface area contributed by atoms with Gasteiger partial charge in [0.1, 0.15) is 5.78 Å². The summed E-state index contributed by atoms with van der Waals surface area (Å²) in [5, 5.41) is 2.04. The van der Waals surface area contributed by atoms with Crippen molar-refractivity contribution in [3.05, 3.63) is 20.8 Å². The van der Waals surface area contributed by atoms with Crippen LogP contribution in [0.4, 0.5) is 0 Å². The summed E-state index contributed by atoms with van der Waals surface area (Å²) in [6.07, 6.45) is 7.94. The van der Waals surface area contributed by atoms with Gasteiger partial charge in [-0.3, -0.25) is 4.79 Å². The molecule has 2 rings (SSSR count). The largest absolute Gasteiger partial charge is 0.299 e. The second kappa shape index (κ2) is 5.97. The SMILES string of the molecule is O=C(Cc1sccc1Br)CC1CCCCC1. The molecule has 1 nitrogen and oxygen atoms in total. The summed E-state index contributed by atoms with van der Waals surface area (Å²) < 4.78 is 1.09. The molecule has 0 saturated heterocycles. The fraction of sp³-hybridized carbons (Fsp3) is 0.615. The Labute approximate surface area is 109 Å². The van der Waals surface area contributed by atoms with E-state index in [1.54, 1.807) is 11.3 Å². The molecule has 3 heteroatoms. The van der Waals surface area contributed by atoms with Crippen LogP contribution in [-0.2, 0) is 11.2 Å². The topological polar surface area (TPSA) is 17.1 Å². The Kier molecular flexibility index (Phi) is 4.59. The van der Waals surface area contributed by atoms with Crippen molar-refractivity contribution in [3.8, 4) is 0 Å². The van der Waals surface area contributed by atoms with E-state index in [4.69, 9.17) is 0 Å². The van der Waals surface area contributed by atoms with Crippen molar-refractivity contribution in [1.29, 1.82) is 0 Å². The lowest BCUT2D eigenvalue weighted by Gasteiger charge is -2.20. The van der Waals surface area contributed by atoms with Crippen molar-refractivity contribution in [2.24, 2.45) is 5.92 Å². The second-order valence-corrected chi connectivity index (χ2v) is 6.47. The number of carbonyl (C=O) groups is 1. The van der Waals surface area contributed by atoms with Crippen LogP contribution in [0.3, 0.4) is 0 Å². The van der Waals surface area contributed by atoms with Crippen molar-refractivity contribution in [2.45, 2.75) is 44.9 Å². The van der Waals surface area contributed by atoms with Crippen LogP contribution < -0.4 is 0 Å². The van der Waals surface area contributed by atoms with E-state index < -0.39 is 0 Å². The molecule has 0 spiro atoms. The number of halogens is 1. The van der Waals surface area contributed by atoms with Gasteiger partial charge in [0, 0.05) is 22.2 Å². The predicted molar refractivity (Wildman–Crippen MR) is 71.9 cm³/mol. The average molecular weight is 301 g/mol. The molecular weight excluding hydrogens is 284 g/mol. The maximum Gasteiger partial charge on any atom is 0.138 e. The normalized spacial score (nSPS) is 17.6. The Morgan fingerprint density at radius 2 is 2.12 bits per heavy atom. The second-order valence-electron chi connectivity index (χ2n) is 4.62. The van der Waals surface area contributed by atoms with Gasteiger partial charge in [-0.05, 0) is 33.3 Å². The zero-order valence-electron chi connectivity index (χ0n) is 9.38. The number of ketones is 1. The molecule has 88 valence electrons. The monoisotopic (exact) mass is 300 g/mol. The quantitative estimate of drug-likeness (QED) is 0.794. The third kappa shape index (κ3) is 3.42. The summed E-state index contributed by atoms with van der Waals surface area (Å²) in [6, 6.07) is 2.02. The van der Waals surface area contributed by atoms with Crippen LogP contribution in [0.15, 0.2) is 15.9 Å². The number of thiophene rings is 1. The van der Waals surface area contributed by atoms with E-state index in [-0.39, 0.29) is 0 Å². The van der Waals surface area contributed by atoms with Crippen LogP contribution in [-0.4, -0.2) is 5.78 Å². The predicted octanol–water partition coefficient (Wildman–Crippen LogP) is 4.59. The fourth-order valence-electron chi connectivity index (χ4n) is 2.42. The molecule has 0 radical (unpaired) electrons. The summed E-state index contributed by atoms with van der Waals surface area (Å²) >= 11 is 5.15. The lowest BCUT2D eigenvalue weighted by molar-refractivity contribution is -0.119. The molecule has 0 N–H and O–H groups in total. The lowest BCUT2D eigenvalue weighted by Crippen LogP contribution is -2.13. The first-order valence-electron chi connectivity index (χ1n) is 5.99. The number of hydrogen-bond acceptors (Lipinski definition) is 2. The first-order chi connectivity index (χ1) is 7.75. The standard InChI is InChI=1S/C13H17BrOS/c14-12-6-7-16-13(12)9-11(15)8-10-4-2-1-3-5-10/h6-7,10H,1-5,8-9H2. The molecular formula is C13H17BrOS. The van der Waals surface area contributed by atoms with Gasteiger partial charge in [-0.1, -0.05) is 32.1 Å². The van der Waals surface area contributed by atoms with E-state index in [0.29, 0.717) is 18.1 Å². The number of Topliss-reactive ketones (excluding diaryl/α,β-unsaturated/α-hetero) is 1. The van der Waals surface area contributed by atoms with Gasteiger partial charge < -0.3 is 0 Å². The van der Waals surface area contributed by atoms with Crippen LogP contribution >= 0.6 is 27.3 Å². The van der Waals surface area contributed by atoms with Crippen LogP contribution in [0, 0.1) is 5.92 Å². The van der Waals surface area contributed by atoms with Gasteiger partial charge in [0.05, 0.1) is 0 Å². The molecule has 0 bridgehead atoms. The molecule has 1 aromatic heterocycles. The van der Waals surface area contributed by atoms with Crippen molar-refractivity contribution in [2.75, 3.05) is 0 Å². The van der Waals surface area contributed by atoms with E-state index in [0.717, 1.165) is 10.9 Å². The highest BCUT2D eigenvalue weighted by atomic mass is 79.9. The highest BCUT2D eigenvalue weighted by Gasteiger charge is 2.17. The van der Waals surface area contributed by atoms with E-state index >= 15 is 0 Å². The number of hydrogen-bond donors (Lipinski definition) is 0. The van der Waals surface area contributed by atoms with E-state index in [9.17, 15) is 4.79 Å². The third-order valence-electron chi connectivity index (χ3n) is 3.29. The molecule has 0 aliphatic heterocycles. The molecule has 1 aliphatic carbocycles. The smallest absolute Gasteiger partial charge is 0.138 e. The number of rotatable bonds is 4. The van der Waals surface area contributed by atoms with Crippen molar-refractivity contribution < 1.29 is 4.79 Å². The van der Waals surface area contributed by atoms with Crippen molar-refractivity contribution >= 4 is 33.0 Å².